The second-order valence-electron chi connectivity index (χ2n) is 5.02. The number of rotatable bonds is 2. The second-order valence-corrected chi connectivity index (χ2v) is 5.02. The highest BCUT2D eigenvalue weighted by Crippen LogP contribution is 2.17. The number of carbonyl (C=O) groups is 1. The Bertz CT molecular complexity index is 440. The van der Waals surface area contributed by atoms with Crippen LogP contribution in [0, 0.1) is 0 Å². The van der Waals surface area contributed by atoms with Crippen LogP contribution in [0.3, 0.4) is 0 Å². The molecular weight excluding hydrogens is 242 g/mol. The number of nitrogens with one attached hydrogen (secondary N) is 1. The van der Waals surface area contributed by atoms with E-state index in [1.165, 1.54) is 0 Å². The van der Waals surface area contributed by atoms with Crippen molar-refractivity contribution in [1.29, 1.82) is 0 Å². The van der Waals surface area contributed by atoms with Gasteiger partial charge in [-0.2, -0.15) is 0 Å². The van der Waals surface area contributed by atoms with Gasteiger partial charge in [-0.05, 0) is 31.7 Å². The summed E-state index contributed by atoms with van der Waals surface area (Å²) in [5, 5.41) is 12.4. The van der Waals surface area contributed by atoms with Crippen molar-refractivity contribution in [3.05, 3.63) is 29.8 Å². The lowest BCUT2D eigenvalue weighted by Crippen LogP contribution is -2.48. The van der Waals surface area contributed by atoms with Crippen LogP contribution < -0.4 is 5.32 Å². The molecule has 0 aliphatic carbocycles. The molecule has 1 unspecified atom stereocenters. The van der Waals surface area contributed by atoms with Gasteiger partial charge in [-0.3, -0.25) is 0 Å². The van der Waals surface area contributed by atoms with Gasteiger partial charge in [0.15, 0.2) is 0 Å². The third kappa shape index (κ3) is 3.68. The molecule has 104 valence electrons. The van der Waals surface area contributed by atoms with E-state index in [-0.39, 0.29) is 6.03 Å². The molecule has 1 atom stereocenters. The summed E-state index contributed by atoms with van der Waals surface area (Å²) in [6, 6.07) is 7.24. The zero-order chi connectivity index (χ0) is 13.8. The Balaban J connectivity index is 1.97. The first-order valence-corrected chi connectivity index (χ1v) is 6.59. The van der Waals surface area contributed by atoms with Crippen molar-refractivity contribution in [1.82, 2.24) is 9.80 Å². The van der Waals surface area contributed by atoms with Crippen LogP contribution >= 0.6 is 0 Å². The molecule has 1 aliphatic heterocycles. The van der Waals surface area contributed by atoms with Crippen molar-refractivity contribution in [2.24, 2.45) is 0 Å². The van der Waals surface area contributed by atoms with Crippen LogP contribution in [0.2, 0.25) is 0 Å². The number of benzene rings is 1. The lowest BCUT2D eigenvalue weighted by Gasteiger charge is -2.32. The number of nitrogens with zero attached hydrogens (tertiary/aromatic N) is 2. The molecule has 1 aliphatic rings. The predicted molar refractivity (Wildman–Crippen MR) is 75.2 cm³/mol. The summed E-state index contributed by atoms with van der Waals surface area (Å²) >= 11 is 0. The largest absolute Gasteiger partial charge is 0.389 e. The fourth-order valence-corrected chi connectivity index (χ4v) is 2.09. The maximum absolute atomic E-state index is 12.1. The van der Waals surface area contributed by atoms with E-state index in [0.29, 0.717) is 0 Å². The zero-order valence-corrected chi connectivity index (χ0v) is 11.5. The Morgan fingerprint density at radius 1 is 1.32 bits per heavy atom. The zero-order valence-electron chi connectivity index (χ0n) is 11.5. The number of hydrogen-bond donors (Lipinski definition) is 2. The smallest absolute Gasteiger partial charge is 0.321 e. The van der Waals surface area contributed by atoms with E-state index in [1.807, 2.05) is 23.1 Å². The first-order valence-electron chi connectivity index (χ1n) is 6.59. The Morgan fingerprint density at radius 3 is 2.63 bits per heavy atom. The van der Waals surface area contributed by atoms with E-state index in [9.17, 15) is 9.90 Å². The Kier molecular flexibility index (Phi) is 4.39. The summed E-state index contributed by atoms with van der Waals surface area (Å²) in [6.45, 7) is 5.01. The number of aliphatic hydroxyl groups is 1. The Labute approximate surface area is 113 Å². The average Bonchev–Trinajstić information content (AvgIpc) is 2.39. The van der Waals surface area contributed by atoms with Gasteiger partial charge in [-0.15, -0.1) is 0 Å². The number of aliphatic hydroxyl groups excluding tert-OH is 1. The van der Waals surface area contributed by atoms with Crippen LogP contribution in [-0.2, 0) is 0 Å². The standard InChI is InChI=1S/C14H21N3O2/c1-11(18)12-4-3-5-13(10-12)15-14(19)17-8-6-16(2)7-9-17/h3-5,10-11,18H,6-9H2,1-2H3,(H,15,19). The van der Waals surface area contributed by atoms with Crippen molar-refractivity contribution in [2.45, 2.75) is 13.0 Å². The molecule has 0 bridgehead atoms. The minimum Gasteiger partial charge on any atom is -0.389 e. The van der Waals surface area contributed by atoms with Crippen molar-refractivity contribution in [3.63, 3.8) is 0 Å². The quantitative estimate of drug-likeness (QED) is 0.850. The highest BCUT2D eigenvalue weighted by atomic mass is 16.3. The van der Waals surface area contributed by atoms with Crippen molar-refractivity contribution < 1.29 is 9.90 Å². The maximum Gasteiger partial charge on any atom is 0.321 e. The number of likely N-dealkylation sites (N-methyl/N-ethyl adjacent to an activating group) is 1. The van der Waals surface area contributed by atoms with Crippen LogP contribution in [0.25, 0.3) is 0 Å². The highest BCUT2D eigenvalue weighted by molar-refractivity contribution is 5.89. The number of urea groups is 1. The molecule has 0 aromatic heterocycles. The van der Waals surface area contributed by atoms with E-state index < -0.39 is 6.10 Å². The molecular formula is C14H21N3O2. The third-order valence-corrected chi connectivity index (χ3v) is 3.41. The van der Waals surface area contributed by atoms with Crippen LogP contribution in [0.5, 0.6) is 0 Å². The summed E-state index contributed by atoms with van der Waals surface area (Å²) in [5.41, 5.74) is 1.53. The summed E-state index contributed by atoms with van der Waals surface area (Å²) in [6.07, 6.45) is -0.527. The molecule has 5 heteroatoms. The molecule has 1 saturated heterocycles. The minimum atomic E-state index is -0.527. The van der Waals surface area contributed by atoms with Crippen LogP contribution in [0.15, 0.2) is 24.3 Å². The second kappa shape index (κ2) is 6.04. The molecule has 5 nitrogen and oxygen atoms in total. The van der Waals surface area contributed by atoms with Gasteiger partial charge in [0.25, 0.3) is 0 Å². The molecule has 1 fully saturated rings. The molecule has 1 heterocycles. The number of amides is 2. The molecule has 2 amide bonds. The van der Waals surface area contributed by atoms with E-state index in [4.69, 9.17) is 0 Å². The fraction of sp³-hybridized carbons (Fsp3) is 0.500. The Morgan fingerprint density at radius 2 is 2.00 bits per heavy atom. The third-order valence-electron chi connectivity index (χ3n) is 3.41. The number of anilines is 1. The summed E-state index contributed by atoms with van der Waals surface area (Å²) in [7, 11) is 2.06. The Hall–Kier alpha value is -1.59. The van der Waals surface area contributed by atoms with E-state index in [0.717, 1.165) is 37.4 Å². The molecule has 19 heavy (non-hydrogen) atoms. The first-order chi connectivity index (χ1) is 9.06. The van der Waals surface area contributed by atoms with Gasteiger partial charge >= 0.3 is 6.03 Å². The van der Waals surface area contributed by atoms with Crippen LogP contribution in [0.4, 0.5) is 10.5 Å². The van der Waals surface area contributed by atoms with Gasteiger partial charge in [0.2, 0.25) is 0 Å². The van der Waals surface area contributed by atoms with Gasteiger partial charge in [-0.1, -0.05) is 12.1 Å². The molecule has 0 spiro atoms. The SMILES string of the molecule is CC(O)c1cccc(NC(=O)N2CCN(C)CC2)c1. The van der Waals surface area contributed by atoms with Gasteiger partial charge in [-0.25, -0.2) is 4.79 Å². The maximum atomic E-state index is 12.1. The summed E-state index contributed by atoms with van der Waals surface area (Å²) < 4.78 is 0. The molecule has 0 radical (unpaired) electrons. The van der Waals surface area contributed by atoms with Crippen LogP contribution in [-0.4, -0.2) is 54.2 Å². The lowest BCUT2D eigenvalue weighted by molar-refractivity contribution is 0.164. The van der Waals surface area contributed by atoms with Crippen molar-refractivity contribution in [2.75, 3.05) is 38.5 Å². The molecule has 1 aromatic carbocycles. The fourth-order valence-electron chi connectivity index (χ4n) is 2.09. The minimum absolute atomic E-state index is 0.0733. The summed E-state index contributed by atoms with van der Waals surface area (Å²) in [4.78, 5) is 16.1. The number of hydrogen-bond acceptors (Lipinski definition) is 3. The predicted octanol–water partition coefficient (Wildman–Crippen LogP) is 1.52. The topological polar surface area (TPSA) is 55.8 Å². The van der Waals surface area contributed by atoms with Gasteiger partial charge in [0, 0.05) is 31.9 Å². The lowest BCUT2D eigenvalue weighted by atomic mass is 10.1. The average molecular weight is 263 g/mol. The normalized spacial score (nSPS) is 18.2. The van der Waals surface area contributed by atoms with Gasteiger partial charge < -0.3 is 20.2 Å². The number of piperazine rings is 1. The first kappa shape index (κ1) is 13.8. The summed E-state index contributed by atoms with van der Waals surface area (Å²) in [5.74, 6) is 0. The van der Waals surface area contributed by atoms with E-state index >= 15 is 0 Å². The number of carbonyl (C=O) groups excluding carboxylic acids is 1. The molecule has 1 aromatic rings. The van der Waals surface area contributed by atoms with Crippen molar-refractivity contribution in [3.8, 4) is 0 Å². The highest BCUT2D eigenvalue weighted by Gasteiger charge is 2.18. The van der Waals surface area contributed by atoms with Crippen molar-refractivity contribution >= 4 is 11.7 Å². The van der Waals surface area contributed by atoms with E-state index in [1.54, 1.807) is 13.0 Å². The van der Waals surface area contributed by atoms with Gasteiger partial charge in [0.1, 0.15) is 0 Å². The molecule has 2 N–H and O–H groups in total. The monoisotopic (exact) mass is 263 g/mol. The molecule has 0 saturated carbocycles. The van der Waals surface area contributed by atoms with Crippen LogP contribution in [0.1, 0.15) is 18.6 Å². The van der Waals surface area contributed by atoms with E-state index in [2.05, 4.69) is 17.3 Å². The van der Waals surface area contributed by atoms with Gasteiger partial charge in [0.05, 0.1) is 6.10 Å². The molecule has 2 rings (SSSR count).